The molecule has 2 N–H and O–H groups in total. The van der Waals surface area contributed by atoms with Gasteiger partial charge in [0.1, 0.15) is 5.82 Å². The molecule has 1 aromatic rings. The Morgan fingerprint density at radius 2 is 1.88 bits per heavy atom. The van der Waals surface area contributed by atoms with Crippen LogP contribution in [-0.2, 0) is 11.2 Å². The van der Waals surface area contributed by atoms with Gasteiger partial charge < -0.3 is 10.6 Å². The van der Waals surface area contributed by atoms with Gasteiger partial charge >= 0.3 is 0 Å². The van der Waals surface area contributed by atoms with Crippen LogP contribution in [0.3, 0.4) is 0 Å². The van der Waals surface area contributed by atoms with Crippen molar-refractivity contribution in [2.75, 3.05) is 19.6 Å². The summed E-state index contributed by atoms with van der Waals surface area (Å²) in [6, 6.07) is 5.99. The Morgan fingerprint density at radius 1 is 1.18 bits per heavy atom. The zero-order chi connectivity index (χ0) is 12.5. The number of hydrogen-bond donors (Lipinski definition) is 2. The fourth-order valence-corrected chi connectivity index (χ4v) is 1.44. The predicted molar refractivity (Wildman–Crippen MR) is 66.3 cm³/mol. The summed E-state index contributed by atoms with van der Waals surface area (Å²) in [7, 11) is 0. The maximum atomic E-state index is 12.6. The van der Waals surface area contributed by atoms with Gasteiger partial charge in [0.25, 0.3) is 0 Å². The van der Waals surface area contributed by atoms with E-state index in [-0.39, 0.29) is 11.7 Å². The molecule has 0 heterocycles. The molecule has 0 saturated carbocycles. The summed E-state index contributed by atoms with van der Waals surface area (Å²) >= 11 is 0. The Hall–Kier alpha value is -1.42. The van der Waals surface area contributed by atoms with Crippen molar-refractivity contribution < 1.29 is 9.18 Å². The Balaban J connectivity index is 2.18. The van der Waals surface area contributed by atoms with Crippen LogP contribution in [0.2, 0.25) is 0 Å². The summed E-state index contributed by atoms with van der Waals surface area (Å²) in [5.74, 6) is -0.312. The van der Waals surface area contributed by atoms with E-state index in [1.807, 2.05) is 0 Å². The van der Waals surface area contributed by atoms with E-state index in [0.29, 0.717) is 13.0 Å². The number of amides is 1. The van der Waals surface area contributed by atoms with E-state index in [2.05, 4.69) is 17.6 Å². The minimum absolute atomic E-state index is 0.0325. The molecule has 94 valence electrons. The molecule has 1 aromatic carbocycles. The summed E-state index contributed by atoms with van der Waals surface area (Å²) < 4.78 is 12.6. The summed E-state index contributed by atoms with van der Waals surface area (Å²) in [4.78, 5) is 11.5. The molecule has 0 aliphatic carbocycles. The number of rotatable bonds is 7. The van der Waals surface area contributed by atoms with E-state index in [9.17, 15) is 9.18 Å². The molecule has 0 saturated heterocycles. The molecular formula is C13H19FN2O. The molecule has 4 heteroatoms. The van der Waals surface area contributed by atoms with Gasteiger partial charge in [0.2, 0.25) is 5.91 Å². The van der Waals surface area contributed by atoms with Crippen molar-refractivity contribution in [2.24, 2.45) is 0 Å². The summed E-state index contributed by atoms with van der Waals surface area (Å²) in [6.45, 7) is 4.47. The molecule has 0 bridgehead atoms. The van der Waals surface area contributed by atoms with Crippen LogP contribution in [0.25, 0.3) is 0 Å². The second-order valence-electron chi connectivity index (χ2n) is 3.90. The number of hydrogen-bond acceptors (Lipinski definition) is 2. The Morgan fingerprint density at radius 3 is 2.53 bits per heavy atom. The number of carbonyl (C=O) groups is 1. The molecule has 1 amide bonds. The van der Waals surface area contributed by atoms with E-state index in [1.54, 1.807) is 12.1 Å². The van der Waals surface area contributed by atoms with Gasteiger partial charge in [-0.2, -0.15) is 0 Å². The number of benzene rings is 1. The second kappa shape index (κ2) is 7.79. The highest BCUT2D eigenvalue weighted by Gasteiger charge is 2.02. The molecule has 0 aliphatic rings. The number of nitrogens with one attached hydrogen (secondary N) is 2. The molecule has 0 aliphatic heterocycles. The Kier molecular flexibility index (Phi) is 6.25. The highest BCUT2D eigenvalue weighted by atomic mass is 19.1. The molecule has 0 atom stereocenters. The Labute approximate surface area is 101 Å². The van der Waals surface area contributed by atoms with Crippen molar-refractivity contribution in [3.8, 4) is 0 Å². The van der Waals surface area contributed by atoms with Gasteiger partial charge in [-0.15, -0.1) is 0 Å². The zero-order valence-electron chi connectivity index (χ0n) is 10.1. The monoisotopic (exact) mass is 238 g/mol. The van der Waals surface area contributed by atoms with E-state index < -0.39 is 0 Å². The van der Waals surface area contributed by atoms with Gasteiger partial charge in [0, 0.05) is 13.1 Å². The third-order valence-electron chi connectivity index (χ3n) is 2.33. The normalized spacial score (nSPS) is 10.2. The van der Waals surface area contributed by atoms with E-state index >= 15 is 0 Å². The van der Waals surface area contributed by atoms with Crippen molar-refractivity contribution in [1.29, 1.82) is 0 Å². The average Bonchev–Trinajstić information content (AvgIpc) is 2.32. The van der Waals surface area contributed by atoms with Gasteiger partial charge in [0.05, 0.1) is 6.42 Å². The van der Waals surface area contributed by atoms with Gasteiger partial charge in [-0.1, -0.05) is 19.1 Å². The molecule has 1 rings (SSSR count). The van der Waals surface area contributed by atoms with Crippen LogP contribution >= 0.6 is 0 Å². The van der Waals surface area contributed by atoms with Gasteiger partial charge in [-0.3, -0.25) is 4.79 Å². The lowest BCUT2D eigenvalue weighted by molar-refractivity contribution is -0.120. The van der Waals surface area contributed by atoms with Crippen LogP contribution in [0.1, 0.15) is 18.9 Å². The van der Waals surface area contributed by atoms with Crippen LogP contribution in [0.5, 0.6) is 0 Å². The van der Waals surface area contributed by atoms with Crippen molar-refractivity contribution >= 4 is 5.91 Å². The second-order valence-corrected chi connectivity index (χ2v) is 3.90. The lowest BCUT2D eigenvalue weighted by atomic mass is 10.1. The highest BCUT2D eigenvalue weighted by molar-refractivity contribution is 5.78. The first-order valence-corrected chi connectivity index (χ1v) is 5.94. The van der Waals surface area contributed by atoms with Crippen molar-refractivity contribution in [3.05, 3.63) is 35.6 Å². The van der Waals surface area contributed by atoms with Gasteiger partial charge in [-0.25, -0.2) is 4.39 Å². The molecule has 0 aromatic heterocycles. The lowest BCUT2D eigenvalue weighted by Gasteiger charge is -2.06. The highest BCUT2D eigenvalue weighted by Crippen LogP contribution is 2.03. The smallest absolute Gasteiger partial charge is 0.224 e. The molecular weight excluding hydrogens is 219 g/mol. The minimum atomic E-state index is -0.280. The van der Waals surface area contributed by atoms with Crippen LogP contribution < -0.4 is 10.6 Å². The van der Waals surface area contributed by atoms with Gasteiger partial charge in [-0.05, 0) is 30.7 Å². The Bertz CT molecular complexity index is 338. The SMILES string of the molecule is CCCNCCNC(=O)Cc1ccc(F)cc1. The van der Waals surface area contributed by atoms with Crippen LogP contribution in [-0.4, -0.2) is 25.5 Å². The molecule has 17 heavy (non-hydrogen) atoms. The van der Waals surface area contributed by atoms with E-state index in [0.717, 1.165) is 25.1 Å². The van der Waals surface area contributed by atoms with Crippen molar-refractivity contribution in [1.82, 2.24) is 10.6 Å². The van der Waals surface area contributed by atoms with E-state index in [4.69, 9.17) is 0 Å². The average molecular weight is 238 g/mol. The van der Waals surface area contributed by atoms with Crippen molar-refractivity contribution in [2.45, 2.75) is 19.8 Å². The van der Waals surface area contributed by atoms with Crippen LogP contribution in [0, 0.1) is 5.82 Å². The molecule has 0 radical (unpaired) electrons. The molecule has 0 unspecified atom stereocenters. The zero-order valence-corrected chi connectivity index (χ0v) is 10.1. The first kappa shape index (κ1) is 13.6. The van der Waals surface area contributed by atoms with Crippen LogP contribution in [0.15, 0.2) is 24.3 Å². The summed E-state index contributed by atoms with van der Waals surface area (Å²) in [6.07, 6.45) is 1.39. The fourth-order valence-electron chi connectivity index (χ4n) is 1.44. The number of halogens is 1. The van der Waals surface area contributed by atoms with Crippen LogP contribution in [0.4, 0.5) is 4.39 Å². The molecule has 0 fully saturated rings. The van der Waals surface area contributed by atoms with E-state index in [1.165, 1.54) is 12.1 Å². The first-order valence-electron chi connectivity index (χ1n) is 5.94. The standard InChI is InChI=1S/C13H19FN2O/c1-2-7-15-8-9-16-13(17)10-11-3-5-12(14)6-4-11/h3-6,15H,2,7-10H2,1H3,(H,16,17). The molecule has 0 spiro atoms. The number of carbonyl (C=O) groups excluding carboxylic acids is 1. The third-order valence-corrected chi connectivity index (χ3v) is 2.33. The topological polar surface area (TPSA) is 41.1 Å². The first-order chi connectivity index (χ1) is 8.22. The third kappa shape index (κ3) is 6.02. The van der Waals surface area contributed by atoms with Gasteiger partial charge in [0.15, 0.2) is 0 Å². The maximum absolute atomic E-state index is 12.6. The largest absolute Gasteiger partial charge is 0.355 e. The predicted octanol–water partition coefficient (Wildman–Crippen LogP) is 1.48. The summed E-state index contributed by atoms with van der Waals surface area (Å²) in [5.41, 5.74) is 0.824. The maximum Gasteiger partial charge on any atom is 0.224 e. The lowest BCUT2D eigenvalue weighted by Crippen LogP contribution is -2.32. The fraction of sp³-hybridized carbons (Fsp3) is 0.462. The quantitative estimate of drug-likeness (QED) is 0.707. The molecule has 3 nitrogen and oxygen atoms in total. The summed E-state index contributed by atoms with van der Waals surface area (Å²) in [5, 5.41) is 6.01. The minimum Gasteiger partial charge on any atom is -0.355 e. The van der Waals surface area contributed by atoms with Crippen molar-refractivity contribution in [3.63, 3.8) is 0 Å².